The topological polar surface area (TPSA) is 18.5 Å². The highest BCUT2D eigenvalue weighted by molar-refractivity contribution is 6.81. The second-order valence-electron chi connectivity index (χ2n) is 5.87. The molecule has 0 aromatic carbocycles. The van der Waals surface area contributed by atoms with Crippen molar-refractivity contribution in [1.29, 1.82) is 0 Å². The average molecular weight is 265 g/mol. The van der Waals surface area contributed by atoms with E-state index in [0.29, 0.717) is 0 Å². The Bertz CT molecular complexity index is 195. The molecule has 0 saturated carbocycles. The molecule has 0 aromatic heterocycles. The average Bonchev–Trinajstić information content (AvgIpc) is 1.98. The summed E-state index contributed by atoms with van der Waals surface area (Å²) in [5, 5.41) is 0.134. The molecular weight excluding hydrogens is 236 g/mol. The highest BCUT2D eigenvalue weighted by Crippen LogP contribution is 2.24. The van der Waals surface area contributed by atoms with Crippen molar-refractivity contribution in [2.75, 3.05) is 0 Å². The molecule has 5 heteroatoms. The molecule has 0 fully saturated rings. The summed E-state index contributed by atoms with van der Waals surface area (Å²) in [7, 11) is -2.30. The first kappa shape index (κ1) is 15.6. The van der Waals surface area contributed by atoms with Crippen LogP contribution in [0.2, 0.25) is 32.7 Å². The molecule has 2 nitrogen and oxygen atoms in total. The van der Waals surface area contributed by atoms with Gasteiger partial charge < -0.3 is 8.54 Å². The zero-order valence-electron chi connectivity index (χ0n) is 11.7. The Morgan fingerprint density at radius 1 is 1.00 bits per heavy atom. The fourth-order valence-corrected chi connectivity index (χ4v) is 10.8. The molecule has 92 valence electrons. The van der Waals surface area contributed by atoms with Crippen LogP contribution in [0.1, 0.15) is 26.7 Å². The molecule has 0 bridgehead atoms. The molecule has 0 aliphatic carbocycles. The van der Waals surface area contributed by atoms with E-state index in [-0.39, 0.29) is 5.22 Å². The van der Waals surface area contributed by atoms with Gasteiger partial charge in [-0.25, -0.2) is 0 Å². The van der Waals surface area contributed by atoms with Crippen LogP contribution in [-0.4, -0.2) is 32.3 Å². The molecule has 0 atom stereocenters. The lowest BCUT2D eigenvalue weighted by Crippen LogP contribution is -2.51. The minimum atomic E-state index is -1.92. The maximum Gasteiger partial charge on any atom is 0.321 e. The summed E-state index contributed by atoms with van der Waals surface area (Å²) >= 11 is 0. The zero-order valence-corrected chi connectivity index (χ0v) is 15.7. The van der Waals surface area contributed by atoms with E-state index in [9.17, 15) is 0 Å². The predicted molar refractivity (Wildman–Crippen MR) is 76.3 cm³/mol. The zero-order chi connectivity index (χ0) is 12.3. The molecular formula is C10H28O2Si3. The summed E-state index contributed by atoms with van der Waals surface area (Å²) in [6, 6.07) is 0. The summed E-state index contributed by atoms with van der Waals surface area (Å²) in [4.78, 5) is 0. The summed E-state index contributed by atoms with van der Waals surface area (Å²) in [5.41, 5.74) is 0. The van der Waals surface area contributed by atoms with E-state index in [4.69, 9.17) is 8.54 Å². The van der Waals surface area contributed by atoms with Crippen LogP contribution in [0.25, 0.3) is 0 Å². The van der Waals surface area contributed by atoms with Crippen molar-refractivity contribution in [3.8, 4) is 0 Å². The van der Waals surface area contributed by atoms with Crippen molar-refractivity contribution < 1.29 is 8.54 Å². The molecule has 0 radical (unpaired) electrons. The van der Waals surface area contributed by atoms with Crippen molar-refractivity contribution in [2.24, 2.45) is 0 Å². The highest BCUT2D eigenvalue weighted by Gasteiger charge is 2.37. The summed E-state index contributed by atoms with van der Waals surface area (Å²) in [6.07, 6.45) is 2.22. The van der Waals surface area contributed by atoms with Gasteiger partial charge in [-0.3, -0.25) is 0 Å². The van der Waals surface area contributed by atoms with Gasteiger partial charge in [-0.05, 0) is 45.6 Å². The van der Waals surface area contributed by atoms with Gasteiger partial charge in [0.25, 0.3) is 0 Å². The van der Waals surface area contributed by atoms with Crippen LogP contribution >= 0.6 is 0 Å². The molecule has 15 heavy (non-hydrogen) atoms. The third-order valence-corrected chi connectivity index (χ3v) is 9.97. The van der Waals surface area contributed by atoms with Gasteiger partial charge in [0.1, 0.15) is 0 Å². The number of hydrogen-bond donors (Lipinski definition) is 0. The minimum Gasteiger partial charge on any atom is -0.436 e. The van der Waals surface area contributed by atoms with E-state index in [1.54, 1.807) is 0 Å². The van der Waals surface area contributed by atoms with E-state index < -0.39 is 16.9 Å². The quantitative estimate of drug-likeness (QED) is 0.686. The first-order chi connectivity index (χ1) is 6.54. The van der Waals surface area contributed by atoms with E-state index in [1.807, 2.05) is 0 Å². The molecule has 0 aliphatic rings. The van der Waals surface area contributed by atoms with Crippen molar-refractivity contribution in [2.45, 2.75) is 64.6 Å². The molecule has 0 N–H and O–H groups in total. The van der Waals surface area contributed by atoms with Crippen molar-refractivity contribution >= 4 is 27.1 Å². The highest BCUT2D eigenvalue weighted by atomic mass is 28.4. The van der Waals surface area contributed by atoms with Gasteiger partial charge in [0.15, 0.2) is 8.32 Å². The maximum atomic E-state index is 6.31. The summed E-state index contributed by atoms with van der Waals surface area (Å²) in [5.74, 6) is 0. The lowest BCUT2D eigenvalue weighted by molar-refractivity contribution is 0.108. The standard InChI is InChI=1S/C10H28O2Si3/c1-8-10(13,9-2)11-15(6,7)12-14(3,4)5/h8-9H2,1-7,13H3. The Morgan fingerprint density at radius 2 is 1.40 bits per heavy atom. The number of rotatable bonds is 6. The van der Waals surface area contributed by atoms with Gasteiger partial charge in [-0.1, -0.05) is 13.8 Å². The van der Waals surface area contributed by atoms with Crippen LogP contribution < -0.4 is 0 Å². The lowest BCUT2D eigenvalue weighted by Gasteiger charge is -2.39. The van der Waals surface area contributed by atoms with Crippen LogP contribution in [-0.2, 0) is 8.54 Å². The Labute approximate surface area is 101 Å². The number of hydrogen-bond acceptors (Lipinski definition) is 2. The molecule has 0 spiro atoms. The van der Waals surface area contributed by atoms with Crippen LogP contribution in [0.5, 0.6) is 0 Å². The van der Waals surface area contributed by atoms with E-state index in [2.05, 4.69) is 46.6 Å². The fraction of sp³-hybridized carbons (Fsp3) is 1.00. The van der Waals surface area contributed by atoms with E-state index >= 15 is 0 Å². The normalized spacial score (nSPS) is 14.6. The molecule has 0 unspecified atom stereocenters. The minimum absolute atomic E-state index is 0.134. The molecule has 0 amide bonds. The smallest absolute Gasteiger partial charge is 0.321 e. The Balaban J connectivity index is 4.49. The van der Waals surface area contributed by atoms with Crippen LogP contribution in [0.3, 0.4) is 0 Å². The van der Waals surface area contributed by atoms with Gasteiger partial charge >= 0.3 is 8.56 Å². The van der Waals surface area contributed by atoms with Crippen LogP contribution in [0.15, 0.2) is 0 Å². The largest absolute Gasteiger partial charge is 0.436 e. The molecule has 0 rings (SSSR count). The Morgan fingerprint density at radius 3 is 1.67 bits per heavy atom. The van der Waals surface area contributed by atoms with Gasteiger partial charge in [0.05, 0.1) is 0 Å². The fourth-order valence-electron chi connectivity index (χ4n) is 1.75. The van der Waals surface area contributed by atoms with Crippen molar-refractivity contribution in [3.63, 3.8) is 0 Å². The third-order valence-electron chi connectivity index (χ3n) is 2.54. The van der Waals surface area contributed by atoms with Crippen LogP contribution in [0, 0.1) is 0 Å². The maximum absolute atomic E-state index is 6.31. The summed E-state index contributed by atoms with van der Waals surface area (Å²) in [6.45, 7) is 15.5. The first-order valence-electron chi connectivity index (χ1n) is 5.94. The van der Waals surface area contributed by atoms with Crippen molar-refractivity contribution in [1.82, 2.24) is 0 Å². The summed E-state index contributed by atoms with van der Waals surface area (Å²) < 4.78 is 12.5. The SMILES string of the molecule is CCC([SiH3])(CC)O[Si](C)(C)O[Si](C)(C)C. The van der Waals surface area contributed by atoms with Crippen LogP contribution in [0.4, 0.5) is 0 Å². The van der Waals surface area contributed by atoms with Gasteiger partial charge in [-0.15, -0.1) is 0 Å². The third kappa shape index (κ3) is 6.68. The molecule has 0 aromatic rings. The van der Waals surface area contributed by atoms with E-state index in [1.165, 1.54) is 0 Å². The monoisotopic (exact) mass is 264 g/mol. The molecule has 0 heterocycles. The second kappa shape index (κ2) is 5.27. The van der Waals surface area contributed by atoms with E-state index in [0.717, 1.165) is 23.1 Å². The van der Waals surface area contributed by atoms with Gasteiger partial charge in [0.2, 0.25) is 0 Å². The van der Waals surface area contributed by atoms with Gasteiger partial charge in [0, 0.05) is 15.5 Å². The van der Waals surface area contributed by atoms with Gasteiger partial charge in [-0.2, -0.15) is 0 Å². The lowest BCUT2D eigenvalue weighted by atomic mass is 10.2. The van der Waals surface area contributed by atoms with Crippen molar-refractivity contribution in [3.05, 3.63) is 0 Å². The Hall–Kier alpha value is 0.571. The molecule has 0 aliphatic heterocycles. The first-order valence-corrected chi connectivity index (χ1v) is 13.2. The predicted octanol–water partition coefficient (Wildman–Crippen LogP) is 2.44. The Kier molecular flexibility index (Phi) is 5.47. The molecule has 0 saturated heterocycles. The second-order valence-corrected chi connectivity index (χ2v) is 15.7.